The zero-order valence-corrected chi connectivity index (χ0v) is 12.2. The van der Waals surface area contributed by atoms with Crippen molar-refractivity contribution in [1.82, 2.24) is 15.1 Å². The lowest BCUT2D eigenvalue weighted by Gasteiger charge is -2.32. The number of likely N-dealkylation sites (tertiary alicyclic amines) is 1. The van der Waals surface area contributed by atoms with Gasteiger partial charge in [0.1, 0.15) is 11.7 Å². The average molecular weight is 291 g/mol. The maximum atomic E-state index is 12.7. The van der Waals surface area contributed by atoms with E-state index in [4.69, 9.17) is 0 Å². The number of aliphatic carboxylic acids is 1. The Balaban J connectivity index is 1.88. The number of hydrogen-bond acceptors (Lipinski definition) is 3. The van der Waals surface area contributed by atoms with Crippen molar-refractivity contribution in [3.63, 3.8) is 0 Å². The first-order valence-corrected chi connectivity index (χ1v) is 7.71. The lowest BCUT2D eigenvalue weighted by Crippen LogP contribution is -2.46. The van der Waals surface area contributed by atoms with Crippen LogP contribution in [-0.4, -0.2) is 44.2 Å². The van der Waals surface area contributed by atoms with E-state index < -0.39 is 12.0 Å². The first-order chi connectivity index (χ1) is 10.1. The van der Waals surface area contributed by atoms with Crippen molar-refractivity contribution < 1.29 is 14.7 Å². The van der Waals surface area contributed by atoms with Crippen LogP contribution in [0.2, 0.25) is 0 Å². The molecule has 0 aromatic carbocycles. The fourth-order valence-corrected chi connectivity index (χ4v) is 3.76. The van der Waals surface area contributed by atoms with Crippen molar-refractivity contribution in [2.24, 2.45) is 5.92 Å². The molecule has 1 aliphatic carbocycles. The van der Waals surface area contributed by atoms with E-state index in [1.54, 1.807) is 11.0 Å². The minimum atomic E-state index is -0.899. The van der Waals surface area contributed by atoms with Gasteiger partial charge in [0.05, 0.1) is 0 Å². The summed E-state index contributed by atoms with van der Waals surface area (Å²) in [7, 11) is 0. The molecule has 1 saturated heterocycles. The average Bonchev–Trinajstić information content (AvgIpc) is 3.11. The van der Waals surface area contributed by atoms with Gasteiger partial charge in [0, 0.05) is 11.7 Å². The zero-order chi connectivity index (χ0) is 15.0. The van der Waals surface area contributed by atoms with E-state index in [0.717, 1.165) is 37.8 Å². The molecule has 1 amide bonds. The Kier molecular flexibility index (Phi) is 3.69. The van der Waals surface area contributed by atoms with Crippen LogP contribution in [0, 0.1) is 5.92 Å². The van der Waals surface area contributed by atoms with Crippen LogP contribution in [0.15, 0.2) is 6.07 Å². The van der Waals surface area contributed by atoms with Crippen molar-refractivity contribution >= 4 is 11.9 Å². The zero-order valence-electron chi connectivity index (χ0n) is 12.2. The number of hydrogen-bond donors (Lipinski definition) is 2. The Hall–Kier alpha value is -1.85. The van der Waals surface area contributed by atoms with Gasteiger partial charge in [-0.05, 0) is 37.7 Å². The Morgan fingerprint density at radius 2 is 2.19 bits per heavy atom. The number of fused-ring (bicyclic) bond motifs is 1. The molecule has 114 valence electrons. The molecule has 1 aliphatic heterocycles. The van der Waals surface area contributed by atoms with Crippen molar-refractivity contribution in [2.75, 3.05) is 0 Å². The summed E-state index contributed by atoms with van der Waals surface area (Å²) in [6, 6.07) is 1.10. The van der Waals surface area contributed by atoms with Crippen LogP contribution in [0.4, 0.5) is 0 Å². The minimum absolute atomic E-state index is 0.0640. The molecule has 0 radical (unpaired) electrons. The van der Waals surface area contributed by atoms with Crippen LogP contribution < -0.4 is 0 Å². The number of H-pyrrole nitrogens is 1. The fourth-order valence-electron chi connectivity index (χ4n) is 3.76. The SMILES string of the molecule is CCc1cc(C(=O)N2C(C(=O)O)CC3CCCCC32)n[nH]1. The van der Waals surface area contributed by atoms with Crippen molar-refractivity contribution in [3.8, 4) is 0 Å². The van der Waals surface area contributed by atoms with Crippen molar-refractivity contribution in [1.29, 1.82) is 0 Å². The summed E-state index contributed by atoms with van der Waals surface area (Å²) < 4.78 is 0. The standard InChI is InChI=1S/C15H21N3O3/c1-2-10-8-11(17-16-10)14(19)18-12-6-4-3-5-9(12)7-13(18)15(20)21/h8-9,12-13H,2-7H2,1H3,(H,16,17)(H,20,21). The topological polar surface area (TPSA) is 86.3 Å². The van der Waals surface area contributed by atoms with E-state index in [0.29, 0.717) is 18.0 Å². The highest BCUT2D eigenvalue weighted by molar-refractivity contribution is 5.95. The smallest absolute Gasteiger partial charge is 0.326 e. The predicted molar refractivity (Wildman–Crippen MR) is 75.9 cm³/mol. The van der Waals surface area contributed by atoms with Crippen LogP contribution in [0.25, 0.3) is 0 Å². The van der Waals surface area contributed by atoms with Gasteiger partial charge >= 0.3 is 5.97 Å². The summed E-state index contributed by atoms with van der Waals surface area (Å²) in [5.41, 5.74) is 1.23. The molecule has 6 heteroatoms. The maximum Gasteiger partial charge on any atom is 0.326 e. The number of carboxylic acid groups (broad SMARTS) is 1. The number of amides is 1. The minimum Gasteiger partial charge on any atom is -0.480 e. The largest absolute Gasteiger partial charge is 0.480 e. The normalized spacial score (nSPS) is 28.4. The lowest BCUT2D eigenvalue weighted by atomic mass is 9.84. The lowest BCUT2D eigenvalue weighted by molar-refractivity contribution is -0.141. The molecule has 2 heterocycles. The summed E-state index contributed by atoms with van der Waals surface area (Å²) in [5, 5.41) is 16.3. The van der Waals surface area contributed by atoms with Crippen LogP contribution in [0.1, 0.15) is 55.2 Å². The molecule has 2 aliphatic rings. The number of carbonyl (C=O) groups excluding carboxylic acids is 1. The van der Waals surface area contributed by atoms with Crippen molar-refractivity contribution in [3.05, 3.63) is 17.5 Å². The number of carboxylic acids is 1. The Labute approximate surface area is 123 Å². The summed E-state index contributed by atoms with van der Waals surface area (Å²) in [6.07, 6.45) is 5.49. The number of aryl methyl sites for hydroxylation is 1. The monoisotopic (exact) mass is 291 g/mol. The maximum absolute atomic E-state index is 12.7. The molecule has 2 fully saturated rings. The molecule has 3 atom stereocenters. The Morgan fingerprint density at radius 1 is 1.43 bits per heavy atom. The van der Waals surface area contributed by atoms with E-state index in [1.165, 1.54) is 0 Å². The van der Waals surface area contributed by atoms with E-state index >= 15 is 0 Å². The molecule has 21 heavy (non-hydrogen) atoms. The van der Waals surface area contributed by atoms with Gasteiger partial charge in [-0.2, -0.15) is 5.10 Å². The third-order valence-electron chi connectivity index (χ3n) is 4.84. The molecule has 1 saturated carbocycles. The number of nitrogens with zero attached hydrogens (tertiary/aromatic N) is 2. The van der Waals surface area contributed by atoms with E-state index in [-0.39, 0.29) is 11.9 Å². The van der Waals surface area contributed by atoms with E-state index in [9.17, 15) is 14.7 Å². The van der Waals surface area contributed by atoms with Gasteiger partial charge in [-0.25, -0.2) is 4.79 Å². The summed E-state index contributed by atoms with van der Waals surface area (Å²) in [6.45, 7) is 1.98. The second-order valence-electron chi connectivity index (χ2n) is 6.05. The summed E-state index contributed by atoms with van der Waals surface area (Å²) in [4.78, 5) is 25.8. The Morgan fingerprint density at radius 3 is 2.86 bits per heavy atom. The molecule has 1 aromatic rings. The van der Waals surface area contributed by atoms with Gasteiger partial charge in [0.25, 0.3) is 5.91 Å². The molecular weight excluding hydrogens is 270 g/mol. The molecule has 1 aromatic heterocycles. The predicted octanol–water partition coefficient (Wildman–Crippen LogP) is 1.83. The third-order valence-corrected chi connectivity index (χ3v) is 4.84. The van der Waals surface area contributed by atoms with Gasteiger partial charge in [-0.15, -0.1) is 0 Å². The van der Waals surface area contributed by atoms with E-state index in [1.807, 2.05) is 6.92 Å². The quantitative estimate of drug-likeness (QED) is 0.889. The first kappa shape index (κ1) is 14.1. The molecule has 0 bridgehead atoms. The highest BCUT2D eigenvalue weighted by atomic mass is 16.4. The number of carbonyl (C=O) groups is 2. The molecular formula is C15H21N3O3. The number of rotatable bonds is 3. The molecule has 2 N–H and O–H groups in total. The number of aromatic nitrogens is 2. The molecule has 3 unspecified atom stereocenters. The third kappa shape index (κ3) is 2.43. The van der Waals surface area contributed by atoms with Crippen LogP contribution in [-0.2, 0) is 11.2 Å². The molecule has 0 spiro atoms. The second kappa shape index (κ2) is 5.50. The van der Waals surface area contributed by atoms with Gasteiger partial charge in [-0.1, -0.05) is 19.8 Å². The van der Waals surface area contributed by atoms with Gasteiger partial charge in [0.2, 0.25) is 0 Å². The van der Waals surface area contributed by atoms with Gasteiger partial charge < -0.3 is 10.0 Å². The number of nitrogens with one attached hydrogen (secondary N) is 1. The molecule has 3 rings (SSSR count). The van der Waals surface area contributed by atoms with Gasteiger partial charge in [0.15, 0.2) is 0 Å². The van der Waals surface area contributed by atoms with Crippen LogP contribution >= 0.6 is 0 Å². The van der Waals surface area contributed by atoms with Gasteiger partial charge in [-0.3, -0.25) is 9.89 Å². The summed E-state index contributed by atoms with van der Waals surface area (Å²) >= 11 is 0. The van der Waals surface area contributed by atoms with Crippen LogP contribution in [0.5, 0.6) is 0 Å². The summed E-state index contributed by atoms with van der Waals surface area (Å²) in [5.74, 6) is -0.815. The highest BCUT2D eigenvalue weighted by Gasteiger charge is 2.48. The fraction of sp³-hybridized carbons (Fsp3) is 0.667. The Bertz CT molecular complexity index is 554. The second-order valence-corrected chi connectivity index (χ2v) is 6.05. The van der Waals surface area contributed by atoms with E-state index in [2.05, 4.69) is 10.2 Å². The number of aromatic amines is 1. The molecule has 6 nitrogen and oxygen atoms in total. The van der Waals surface area contributed by atoms with Crippen molar-refractivity contribution in [2.45, 2.75) is 57.5 Å². The first-order valence-electron chi connectivity index (χ1n) is 7.71. The van der Waals surface area contributed by atoms with Crippen LogP contribution in [0.3, 0.4) is 0 Å². The highest BCUT2D eigenvalue weighted by Crippen LogP contribution is 2.40.